The van der Waals surface area contributed by atoms with Gasteiger partial charge in [0.05, 0.1) is 6.42 Å². The molecule has 47 valence electrons. The fraction of sp³-hybridized carbons (Fsp3) is 0.800. The van der Waals surface area contributed by atoms with Gasteiger partial charge in [-0.15, -0.1) is 0 Å². The van der Waals surface area contributed by atoms with Crippen LogP contribution in [0.4, 0.5) is 0 Å². The Kier molecular flexibility index (Phi) is 3.19. The van der Waals surface area contributed by atoms with Crippen molar-refractivity contribution in [3.63, 3.8) is 0 Å². The van der Waals surface area contributed by atoms with Crippen LogP contribution in [0.5, 0.6) is 0 Å². The van der Waals surface area contributed by atoms with Gasteiger partial charge in [0, 0.05) is 6.54 Å². The maximum Gasteiger partial charge on any atom is 0.356 e. The summed E-state index contributed by atoms with van der Waals surface area (Å²) in [4.78, 5) is 11.6. The molecule has 0 bridgehead atoms. The Morgan fingerprint density at radius 1 is 1.50 bits per heavy atom. The van der Waals surface area contributed by atoms with Gasteiger partial charge in [-0.05, 0) is 14.1 Å². The van der Waals surface area contributed by atoms with E-state index in [-0.39, 0.29) is 6.42 Å². The summed E-state index contributed by atoms with van der Waals surface area (Å²) in [5.41, 5.74) is 0. The highest BCUT2D eigenvalue weighted by atomic mass is 16.4. The fourth-order valence-corrected chi connectivity index (χ4v) is 0.315. The summed E-state index contributed by atoms with van der Waals surface area (Å²) in [6.07, 6.45) is 0.118. The second-order valence-electron chi connectivity index (χ2n) is 1.93. The number of hydrogen-bond donors (Lipinski definition) is 0. The van der Waals surface area contributed by atoms with Crippen molar-refractivity contribution in [3.8, 4) is 0 Å². The number of hydrogen-bond acceptors (Lipinski definition) is 2. The Morgan fingerprint density at radius 3 is 2.12 bits per heavy atom. The molecule has 8 heavy (non-hydrogen) atoms. The SMILES string of the molecule is CN(C)CCC([O])=O. The minimum absolute atomic E-state index is 0.118. The van der Waals surface area contributed by atoms with Gasteiger partial charge < -0.3 is 4.90 Å². The molecule has 0 aromatic carbocycles. The molecule has 0 amide bonds. The molecule has 0 aromatic rings. The molecule has 0 fully saturated rings. The van der Waals surface area contributed by atoms with Crippen LogP contribution in [0.2, 0.25) is 0 Å². The van der Waals surface area contributed by atoms with Crippen LogP contribution in [0.1, 0.15) is 6.42 Å². The molecule has 0 rings (SSSR count). The molecular weight excluding hydrogens is 106 g/mol. The van der Waals surface area contributed by atoms with Crippen molar-refractivity contribution in [2.75, 3.05) is 20.6 Å². The van der Waals surface area contributed by atoms with Crippen molar-refractivity contribution in [3.05, 3.63) is 0 Å². The van der Waals surface area contributed by atoms with Crippen molar-refractivity contribution in [2.24, 2.45) is 0 Å². The van der Waals surface area contributed by atoms with Crippen LogP contribution in [0.15, 0.2) is 0 Å². The standard InChI is InChI=1S/C5H10NO2/c1-6(2)4-3-5(7)8/h3-4H2,1-2H3. The summed E-state index contributed by atoms with van der Waals surface area (Å²) in [6, 6.07) is 0. The van der Waals surface area contributed by atoms with Crippen molar-refractivity contribution >= 4 is 5.97 Å². The summed E-state index contributed by atoms with van der Waals surface area (Å²) < 4.78 is 0. The lowest BCUT2D eigenvalue weighted by molar-refractivity contribution is -0.143. The summed E-state index contributed by atoms with van der Waals surface area (Å²) in [5.74, 6) is -0.987. The van der Waals surface area contributed by atoms with E-state index in [9.17, 15) is 9.90 Å². The molecule has 1 radical (unpaired) electrons. The molecule has 0 N–H and O–H groups in total. The Balaban J connectivity index is 3.05. The van der Waals surface area contributed by atoms with E-state index in [1.165, 1.54) is 0 Å². The maximum absolute atomic E-state index is 9.77. The lowest BCUT2D eigenvalue weighted by Crippen LogP contribution is -2.15. The molecule has 3 heteroatoms. The van der Waals surface area contributed by atoms with Gasteiger partial charge in [0.25, 0.3) is 0 Å². The van der Waals surface area contributed by atoms with Crippen molar-refractivity contribution < 1.29 is 9.90 Å². The first-order chi connectivity index (χ1) is 3.63. The van der Waals surface area contributed by atoms with Crippen LogP contribution in [-0.2, 0) is 9.90 Å². The van der Waals surface area contributed by atoms with Crippen LogP contribution >= 0.6 is 0 Å². The van der Waals surface area contributed by atoms with Crippen LogP contribution in [0.3, 0.4) is 0 Å². The van der Waals surface area contributed by atoms with Crippen molar-refractivity contribution in [1.29, 1.82) is 0 Å². The highest BCUT2D eigenvalue weighted by molar-refractivity contribution is 5.66. The minimum Gasteiger partial charge on any atom is -0.309 e. The van der Waals surface area contributed by atoms with Crippen LogP contribution in [0, 0.1) is 0 Å². The molecule has 0 aromatic heterocycles. The molecule has 0 atom stereocenters. The van der Waals surface area contributed by atoms with E-state index in [2.05, 4.69) is 0 Å². The Hall–Kier alpha value is -0.570. The van der Waals surface area contributed by atoms with Crippen molar-refractivity contribution in [2.45, 2.75) is 6.42 Å². The molecule has 0 saturated heterocycles. The van der Waals surface area contributed by atoms with E-state index >= 15 is 0 Å². The third-order valence-corrected chi connectivity index (χ3v) is 0.763. The monoisotopic (exact) mass is 116 g/mol. The van der Waals surface area contributed by atoms with E-state index in [4.69, 9.17) is 0 Å². The van der Waals surface area contributed by atoms with E-state index in [0.717, 1.165) is 0 Å². The lowest BCUT2D eigenvalue weighted by Gasteiger charge is -2.03. The zero-order valence-corrected chi connectivity index (χ0v) is 5.18. The average Bonchev–Trinajstić information content (AvgIpc) is 1.61. The van der Waals surface area contributed by atoms with Gasteiger partial charge in [0.2, 0.25) is 0 Å². The predicted octanol–water partition coefficient (Wildman–Crippen LogP) is -0.105. The number of rotatable bonds is 3. The van der Waals surface area contributed by atoms with Crippen LogP contribution in [-0.4, -0.2) is 31.5 Å². The third kappa shape index (κ3) is 5.43. The molecule has 3 nitrogen and oxygen atoms in total. The molecule has 0 unspecified atom stereocenters. The zero-order chi connectivity index (χ0) is 6.57. The molecule has 0 aliphatic carbocycles. The predicted molar refractivity (Wildman–Crippen MR) is 28.9 cm³/mol. The molecule has 0 saturated carbocycles. The van der Waals surface area contributed by atoms with Crippen molar-refractivity contribution in [1.82, 2.24) is 4.90 Å². The fourth-order valence-electron chi connectivity index (χ4n) is 0.315. The molecule has 0 heterocycles. The highest BCUT2D eigenvalue weighted by Crippen LogP contribution is 1.81. The second kappa shape index (κ2) is 3.43. The second-order valence-corrected chi connectivity index (χ2v) is 1.93. The Labute approximate surface area is 48.9 Å². The van der Waals surface area contributed by atoms with Crippen LogP contribution < -0.4 is 0 Å². The van der Waals surface area contributed by atoms with E-state index in [0.29, 0.717) is 6.54 Å². The minimum atomic E-state index is -0.987. The summed E-state index contributed by atoms with van der Waals surface area (Å²) in [5, 5.41) is 9.77. The van der Waals surface area contributed by atoms with Crippen LogP contribution in [0.25, 0.3) is 0 Å². The normalized spacial score (nSPS) is 9.88. The number of carbonyl (C=O) groups is 1. The smallest absolute Gasteiger partial charge is 0.309 e. The third-order valence-electron chi connectivity index (χ3n) is 0.763. The number of nitrogens with zero attached hydrogens (tertiary/aromatic N) is 1. The quantitative estimate of drug-likeness (QED) is 0.516. The van der Waals surface area contributed by atoms with Gasteiger partial charge >= 0.3 is 5.97 Å². The van der Waals surface area contributed by atoms with Gasteiger partial charge in [0.15, 0.2) is 0 Å². The molecular formula is C5H10NO2. The van der Waals surface area contributed by atoms with E-state index in [1.807, 2.05) is 14.1 Å². The summed E-state index contributed by atoms with van der Waals surface area (Å²) in [6.45, 7) is 0.558. The first-order valence-corrected chi connectivity index (χ1v) is 2.47. The van der Waals surface area contributed by atoms with Gasteiger partial charge in [-0.25, -0.2) is 9.90 Å². The van der Waals surface area contributed by atoms with Gasteiger partial charge in [-0.1, -0.05) is 0 Å². The van der Waals surface area contributed by atoms with Gasteiger partial charge in [-0.3, -0.25) is 0 Å². The zero-order valence-electron chi connectivity index (χ0n) is 5.18. The topological polar surface area (TPSA) is 40.2 Å². The van der Waals surface area contributed by atoms with E-state index in [1.54, 1.807) is 4.90 Å². The van der Waals surface area contributed by atoms with E-state index < -0.39 is 5.97 Å². The molecule has 0 spiro atoms. The van der Waals surface area contributed by atoms with Gasteiger partial charge in [-0.2, -0.15) is 0 Å². The summed E-state index contributed by atoms with van der Waals surface area (Å²) in [7, 11) is 3.64. The maximum atomic E-state index is 9.77. The molecule has 0 aliphatic rings. The first kappa shape index (κ1) is 7.43. The Morgan fingerprint density at radius 2 is 2.00 bits per heavy atom. The van der Waals surface area contributed by atoms with Gasteiger partial charge in [0.1, 0.15) is 0 Å². The summed E-state index contributed by atoms with van der Waals surface area (Å²) >= 11 is 0. The molecule has 0 aliphatic heterocycles. The first-order valence-electron chi connectivity index (χ1n) is 2.47. The average molecular weight is 116 g/mol. The largest absolute Gasteiger partial charge is 0.356 e. The lowest BCUT2D eigenvalue weighted by atomic mass is 10.4. The highest BCUT2D eigenvalue weighted by Gasteiger charge is 1.98. The number of carbonyl (C=O) groups excluding carboxylic acids is 1. The Bertz CT molecular complexity index is 80.5.